The Morgan fingerprint density at radius 1 is 1.14 bits per heavy atom. The van der Waals surface area contributed by atoms with Crippen LogP contribution in [0.1, 0.15) is 37.3 Å². The van der Waals surface area contributed by atoms with Crippen LogP contribution in [0.5, 0.6) is 11.5 Å². The summed E-state index contributed by atoms with van der Waals surface area (Å²) in [5.74, 6) is 1.58. The molecule has 0 bridgehead atoms. The molecule has 2 rings (SSSR count). The van der Waals surface area contributed by atoms with E-state index in [1.165, 1.54) is 10.4 Å². The fourth-order valence-corrected chi connectivity index (χ4v) is 2.84. The number of rotatable bonds is 7. The summed E-state index contributed by atoms with van der Waals surface area (Å²) in [5.41, 5.74) is 1.19. The Morgan fingerprint density at radius 3 is 2.57 bits per heavy atom. The van der Waals surface area contributed by atoms with Gasteiger partial charge >= 0.3 is 0 Å². The van der Waals surface area contributed by atoms with Gasteiger partial charge in [-0.15, -0.1) is 11.3 Å². The maximum absolute atomic E-state index is 5.73. The first kappa shape index (κ1) is 15.9. The summed E-state index contributed by atoms with van der Waals surface area (Å²) in [4.78, 5) is 1.35. The van der Waals surface area contributed by atoms with E-state index in [-0.39, 0.29) is 6.10 Å². The van der Waals surface area contributed by atoms with Crippen LogP contribution in [0.4, 0.5) is 0 Å². The van der Waals surface area contributed by atoms with E-state index in [1.807, 2.05) is 26.0 Å². The Morgan fingerprint density at radius 2 is 1.95 bits per heavy atom. The summed E-state index contributed by atoms with van der Waals surface area (Å²) in [7, 11) is 1.67. The minimum atomic E-state index is 0.140. The van der Waals surface area contributed by atoms with E-state index in [1.54, 1.807) is 18.4 Å². The Bertz CT molecular complexity index is 552. The predicted molar refractivity (Wildman–Crippen MR) is 88.3 cm³/mol. The molecule has 0 aliphatic rings. The van der Waals surface area contributed by atoms with Gasteiger partial charge in [0.2, 0.25) is 0 Å². The van der Waals surface area contributed by atoms with Gasteiger partial charge in [-0.05, 0) is 49.9 Å². The van der Waals surface area contributed by atoms with Gasteiger partial charge in [0.25, 0.3) is 0 Å². The highest BCUT2D eigenvalue weighted by molar-refractivity contribution is 7.10. The lowest BCUT2D eigenvalue weighted by molar-refractivity contribution is 0.230. The van der Waals surface area contributed by atoms with Crippen LogP contribution in [0, 0.1) is 0 Å². The molecule has 1 heterocycles. The number of nitrogens with one attached hydrogen (secondary N) is 1. The molecule has 0 radical (unpaired) electrons. The van der Waals surface area contributed by atoms with Gasteiger partial charge in [-0.3, -0.25) is 0 Å². The molecule has 1 atom stereocenters. The fraction of sp³-hybridized carbons (Fsp3) is 0.412. The lowest BCUT2D eigenvalue weighted by atomic mass is 10.2. The van der Waals surface area contributed by atoms with E-state index >= 15 is 0 Å². The summed E-state index contributed by atoms with van der Waals surface area (Å²) >= 11 is 1.78. The molecule has 2 aromatic rings. The zero-order valence-corrected chi connectivity index (χ0v) is 13.9. The lowest BCUT2D eigenvalue weighted by Crippen LogP contribution is -2.17. The third kappa shape index (κ3) is 4.48. The van der Waals surface area contributed by atoms with Gasteiger partial charge in [0.15, 0.2) is 11.5 Å². The van der Waals surface area contributed by atoms with Crippen LogP contribution in [0.2, 0.25) is 0 Å². The third-order valence-electron chi connectivity index (χ3n) is 3.17. The van der Waals surface area contributed by atoms with E-state index in [0.717, 1.165) is 18.0 Å². The summed E-state index contributed by atoms with van der Waals surface area (Å²) in [6.07, 6.45) is 0.140. The van der Waals surface area contributed by atoms with Crippen LogP contribution < -0.4 is 14.8 Å². The van der Waals surface area contributed by atoms with Crippen LogP contribution in [0.3, 0.4) is 0 Å². The van der Waals surface area contributed by atoms with Crippen molar-refractivity contribution in [3.05, 3.63) is 46.2 Å². The molecule has 1 aromatic carbocycles. The number of ether oxygens (including phenoxy) is 2. The van der Waals surface area contributed by atoms with Crippen molar-refractivity contribution in [1.29, 1.82) is 0 Å². The number of hydrogen-bond acceptors (Lipinski definition) is 4. The van der Waals surface area contributed by atoms with Crippen molar-refractivity contribution < 1.29 is 9.47 Å². The topological polar surface area (TPSA) is 30.5 Å². The number of benzene rings is 1. The largest absolute Gasteiger partial charge is 0.493 e. The zero-order valence-electron chi connectivity index (χ0n) is 13.1. The van der Waals surface area contributed by atoms with Crippen LogP contribution in [0.25, 0.3) is 0 Å². The molecule has 4 heteroatoms. The quantitative estimate of drug-likeness (QED) is 0.822. The van der Waals surface area contributed by atoms with E-state index in [9.17, 15) is 0 Å². The Hall–Kier alpha value is -1.52. The van der Waals surface area contributed by atoms with Crippen molar-refractivity contribution in [2.45, 2.75) is 39.5 Å². The van der Waals surface area contributed by atoms with Crippen LogP contribution in [-0.2, 0) is 6.54 Å². The number of methoxy groups -OCH3 is 1. The maximum Gasteiger partial charge on any atom is 0.161 e. The molecule has 0 amide bonds. The van der Waals surface area contributed by atoms with Gasteiger partial charge < -0.3 is 14.8 Å². The highest BCUT2D eigenvalue weighted by Gasteiger charge is 2.09. The van der Waals surface area contributed by atoms with Crippen molar-refractivity contribution in [3.63, 3.8) is 0 Å². The second-order valence-corrected chi connectivity index (χ2v) is 6.25. The average Bonchev–Trinajstić information content (AvgIpc) is 2.99. The standard InChI is InChI=1S/C17H23NO2S/c1-12(2)20-15-8-7-14(10-16(15)19-4)11-18-13(3)17-6-5-9-21-17/h5-10,12-13,18H,11H2,1-4H3/t13-/m1/s1. The second-order valence-electron chi connectivity index (χ2n) is 5.27. The van der Waals surface area contributed by atoms with Crippen molar-refractivity contribution in [2.24, 2.45) is 0 Å². The molecular formula is C17H23NO2S. The summed E-state index contributed by atoms with van der Waals surface area (Å²) in [5, 5.41) is 5.63. The molecule has 3 nitrogen and oxygen atoms in total. The molecule has 0 saturated carbocycles. The second kappa shape index (κ2) is 7.48. The summed E-state index contributed by atoms with van der Waals surface area (Å²) < 4.78 is 11.1. The number of hydrogen-bond donors (Lipinski definition) is 1. The molecule has 1 aromatic heterocycles. The summed E-state index contributed by atoms with van der Waals surface area (Å²) in [6, 6.07) is 10.7. The molecular weight excluding hydrogens is 282 g/mol. The van der Waals surface area contributed by atoms with Crippen LogP contribution in [0.15, 0.2) is 35.7 Å². The monoisotopic (exact) mass is 305 g/mol. The molecule has 0 aliphatic heterocycles. The average molecular weight is 305 g/mol. The molecule has 0 aliphatic carbocycles. The minimum Gasteiger partial charge on any atom is -0.493 e. The van der Waals surface area contributed by atoms with Gasteiger partial charge in [0.1, 0.15) is 0 Å². The Labute approximate surface area is 130 Å². The van der Waals surface area contributed by atoms with Crippen molar-refractivity contribution in [3.8, 4) is 11.5 Å². The van der Waals surface area contributed by atoms with Gasteiger partial charge in [-0.2, -0.15) is 0 Å². The van der Waals surface area contributed by atoms with E-state index in [2.05, 4.69) is 35.8 Å². The molecule has 114 valence electrons. The first-order valence-electron chi connectivity index (χ1n) is 7.20. The normalized spacial score (nSPS) is 12.4. The Kier molecular flexibility index (Phi) is 5.65. The van der Waals surface area contributed by atoms with Gasteiger partial charge in [0, 0.05) is 17.5 Å². The fourth-order valence-electron chi connectivity index (χ4n) is 2.08. The molecule has 0 unspecified atom stereocenters. The zero-order chi connectivity index (χ0) is 15.2. The van der Waals surface area contributed by atoms with Gasteiger partial charge in [0.05, 0.1) is 13.2 Å². The van der Waals surface area contributed by atoms with Crippen molar-refractivity contribution in [2.75, 3.05) is 7.11 Å². The SMILES string of the molecule is COc1cc(CN[C@H](C)c2cccs2)ccc1OC(C)C. The van der Waals surface area contributed by atoms with Crippen molar-refractivity contribution in [1.82, 2.24) is 5.32 Å². The van der Waals surface area contributed by atoms with Crippen molar-refractivity contribution >= 4 is 11.3 Å². The molecule has 0 saturated heterocycles. The predicted octanol–water partition coefficient (Wildman–Crippen LogP) is 4.39. The van der Waals surface area contributed by atoms with Gasteiger partial charge in [-0.25, -0.2) is 0 Å². The molecule has 0 fully saturated rings. The smallest absolute Gasteiger partial charge is 0.161 e. The lowest BCUT2D eigenvalue weighted by Gasteiger charge is -2.16. The molecule has 1 N–H and O–H groups in total. The minimum absolute atomic E-state index is 0.140. The molecule has 0 spiro atoms. The van der Waals surface area contributed by atoms with E-state index in [0.29, 0.717) is 6.04 Å². The Balaban J connectivity index is 2.00. The highest BCUT2D eigenvalue weighted by Crippen LogP contribution is 2.29. The van der Waals surface area contributed by atoms with E-state index < -0.39 is 0 Å². The van der Waals surface area contributed by atoms with Gasteiger partial charge in [-0.1, -0.05) is 12.1 Å². The van der Waals surface area contributed by atoms with Crippen LogP contribution in [-0.4, -0.2) is 13.2 Å². The first-order chi connectivity index (χ1) is 10.1. The first-order valence-corrected chi connectivity index (χ1v) is 8.08. The molecule has 21 heavy (non-hydrogen) atoms. The number of thiophene rings is 1. The third-order valence-corrected chi connectivity index (χ3v) is 4.23. The van der Waals surface area contributed by atoms with Crippen LogP contribution >= 0.6 is 11.3 Å². The summed E-state index contributed by atoms with van der Waals surface area (Å²) in [6.45, 7) is 7.01. The van der Waals surface area contributed by atoms with E-state index in [4.69, 9.17) is 9.47 Å². The highest BCUT2D eigenvalue weighted by atomic mass is 32.1. The maximum atomic E-state index is 5.73.